The van der Waals surface area contributed by atoms with Gasteiger partial charge in [0.25, 0.3) is 5.91 Å². The highest BCUT2D eigenvalue weighted by atomic mass is 16.2. The van der Waals surface area contributed by atoms with Crippen LogP contribution in [0.4, 0.5) is 5.69 Å². The first-order chi connectivity index (χ1) is 8.60. The third-order valence-corrected chi connectivity index (χ3v) is 2.54. The van der Waals surface area contributed by atoms with Crippen molar-refractivity contribution in [3.8, 4) is 0 Å². The van der Waals surface area contributed by atoms with Crippen molar-refractivity contribution < 1.29 is 9.59 Å². The summed E-state index contributed by atoms with van der Waals surface area (Å²) in [5.41, 5.74) is 6.46. The number of likely N-dealkylation sites (N-methyl/N-ethyl adjacent to an activating group) is 1. The Hall–Kier alpha value is -2.04. The zero-order valence-corrected chi connectivity index (χ0v) is 10.8. The van der Waals surface area contributed by atoms with Gasteiger partial charge in [0, 0.05) is 18.8 Å². The molecule has 1 rings (SSSR count). The second-order valence-electron chi connectivity index (χ2n) is 3.86. The highest BCUT2D eigenvalue weighted by Crippen LogP contribution is 2.16. The number of benzene rings is 1. The summed E-state index contributed by atoms with van der Waals surface area (Å²) >= 11 is 0. The van der Waals surface area contributed by atoms with Gasteiger partial charge in [-0.15, -0.1) is 0 Å². The molecule has 0 unspecified atom stereocenters. The predicted molar refractivity (Wildman–Crippen MR) is 71.4 cm³/mol. The number of nitrogens with two attached hydrogens (primary N) is 1. The van der Waals surface area contributed by atoms with Crippen molar-refractivity contribution in [1.29, 1.82) is 0 Å². The average Bonchev–Trinajstić information content (AvgIpc) is 2.36. The normalized spacial score (nSPS) is 9.89. The number of nitrogens with one attached hydrogen (secondary N) is 1. The van der Waals surface area contributed by atoms with Crippen molar-refractivity contribution in [2.24, 2.45) is 5.73 Å². The summed E-state index contributed by atoms with van der Waals surface area (Å²) in [6.07, 6.45) is 0. The van der Waals surface area contributed by atoms with Crippen molar-refractivity contribution in [2.75, 3.05) is 25.0 Å². The second kappa shape index (κ2) is 6.64. The van der Waals surface area contributed by atoms with E-state index in [-0.39, 0.29) is 12.5 Å². The van der Waals surface area contributed by atoms with E-state index >= 15 is 0 Å². The summed E-state index contributed by atoms with van der Waals surface area (Å²) in [6, 6.07) is 7.24. The molecule has 1 aromatic carbocycles. The largest absolute Gasteiger partial charge is 0.385 e. The Kier molecular flexibility index (Phi) is 5.17. The van der Waals surface area contributed by atoms with Crippen LogP contribution in [0.25, 0.3) is 0 Å². The van der Waals surface area contributed by atoms with Crippen molar-refractivity contribution in [3.05, 3.63) is 29.8 Å². The number of rotatable bonds is 6. The molecule has 98 valence electrons. The number of primary amides is 1. The van der Waals surface area contributed by atoms with E-state index in [9.17, 15) is 9.59 Å². The Morgan fingerprint density at radius 3 is 2.50 bits per heavy atom. The van der Waals surface area contributed by atoms with Gasteiger partial charge < -0.3 is 16.0 Å². The molecule has 0 radical (unpaired) electrons. The fourth-order valence-corrected chi connectivity index (χ4v) is 1.70. The van der Waals surface area contributed by atoms with E-state index in [2.05, 4.69) is 5.32 Å². The van der Waals surface area contributed by atoms with E-state index in [1.807, 2.05) is 26.0 Å². The number of carbonyl (C=O) groups is 2. The topological polar surface area (TPSA) is 75.4 Å². The summed E-state index contributed by atoms with van der Waals surface area (Å²) < 4.78 is 0. The zero-order chi connectivity index (χ0) is 13.5. The first-order valence-electron chi connectivity index (χ1n) is 6.00. The van der Waals surface area contributed by atoms with Crippen LogP contribution in [0.15, 0.2) is 24.3 Å². The molecule has 0 saturated heterocycles. The third-order valence-electron chi connectivity index (χ3n) is 2.54. The lowest BCUT2D eigenvalue weighted by Gasteiger charge is -2.20. The average molecular weight is 249 g/mol. The smallest absolute Gasteiger partial charge is 0.256 e. The number of nitrogens with zero attached hydrogens (tertiary/aromatic N) is 1. The van der Waals surface area contributed by atoms with Gasteiger partial charge in [-0.2, -0.15) is 0 Å². The summed E-state index contributed by atoms with van der Waals surface area (Å²) in [4.78, 5) is 24.6. The second-order valence-corrected chi connectivity index (χ2v) is 3.86. The minimum Gasteiger partial charge on any atom is -0.385 e. The van der Waals surface area contributed by atoms with Crippen LogP contribution >= 0.6 is 0 Å². The monoisotopic (exact) mass is 249 g/mol. The molecule has 1 aromatic rings. The number of anilines is 1. The van der Waals surface area contributed by atoms with Crippen LogP contribution in [0.3, 0.4) is 0 Å². The molecule has 0 aromatic heterocycles. The third kappa shape index (κ3) is 3.48. The van der Waals surface area contributed by atoms with E-state index in [4.69, 9.17) is 5.73 Å². The van der Waals surface area contributed by atoms with Crippen LogP contribution < -0.4 is 11.1 Å². The molecule has 0 aliphatic rings. The van der Waals surface area contributed by atoms with Crippen LogP contribution in [0.1, 0.15) is 24.2 Å². The van der Waals surface area contributed by atoms with Crippen LogP contribution in [-0.2, 0) is 4.79 Å². The molecule has 0 spiro atoms. The maximum Gasteiger partial charge on any atom is 0.256 e. The minimum absolute atomic E-state index is 0.0597. The van der Waals surface area contributed by atoms with Crippen molar-refractivity contribution in [2.45, 2.75) is 13.8 Å². The van der Waals surface area contributed by atoms with Crippen LogP contribution in [-0.4, -0.2) is 36.3 Å². The molecule has 2 amide bonds. The Balaban J connectivity index is 2.97. The number of carbonyl (C=O) groups excluding carboxylic acids is 2. The number of para-hydroxylation sites is 1. The van der Waals surface area contributed by atoms with Gasteiger partial charge in [0.2, 0.25) is 5.91 Å². The summed E-state index contributed by atoms with van der Waals surface area (Å²) in [6.45, 7) is 4.89. The van der Waals surface area contributed by atoms with Gasteiger partial charge in [0.05, 0.1) is 12.1 Å². The first kappa shape index (κ1) is 14.0. The molecular formula is C13H19N3O2. The van der Waals surface area contributed by atoms with Gasteiger partial charge >= 0.3 is 0 Å². The molecule has 0 fully saturated rings. The van der Waals surface area contributed by atoms with E-state index in [0.717, 1.165) is 12.2 Å². The first-order valence-corrected chi connectivity index (χ1v) is 6.00. The number of hydrogen-bond acceptors (Lipinski definition) is 3. The Morgan fingerprint density at radius 1 is 1.28 bits per heavy atom. The SMILES string of the molecule is CCNc1ccccc1C(=O)N(CC)CC(N)=O. The Bertz CT molecular complexity index is 432. The quantitative estimate of drug-likeness (QED) is 0.791. The molecule has 0 heterocycles. The predicted octanol–water partition coefficient (Wildman–Crippen LogP) is 1.07. The van der Waals surface area contributed by atoms with Crippen LogP contribution in [0.2, 0.25) is 0 Å². The Morgan fingerprint density at radius 2 is 1.94 bits per heavy atom. The molecule has 5 nitrogen and oxygen atoms in total. The lowest BCUT2D eigenvalue weighted by atomic mass is 10.1. The number of hydrogen-bond donors (Lipinski definition) is 2. The molecular weight excluding hydrogens is 230 g/mol. The molecule has 0 aliphatic heterocycles. The van der Waals surface area contributed by atoms with Gasteiger partial charge in [-0.25, -0.2) is 0 Å². The maximum absolute atomic E-state index is 12.3. The standard InChI is InChI=1S/C13H19N3O2/c1-3-15-11-8-6-5-7-10(11)13(18)16(4-2)9-12(14)17/h5-8,15H,3-4,9H2,1-2H3,(H2,14,17). The zero-order valence-electron chi connectivity index (χ0n) is 10.8. The van der Waals surface area contributed by atoms with Gasteiger partial charge in [0.15, 0.2) is 0 Å². The molecule has 0 bridgehead atoms. The van der Waals surface area contributed by atoms with Crippen LogP contribution in [0.5, 0.6) is 0 Å². The van der Waals surface area contributed by atoms with Crippen LogP contribution in [0, 0.1) is 0 Å². The van der Waals surface area contributed by atoms with Gasteiger partial charge in [-0.1, -0.05) is 12.1 Å². The van der Waals surface area contributed by atoms with Gasteiger partial charge in [-0.05, 0) is 26.0 Å². The van der Waals surface area contributed by atoms with Crippen molar-refractivity contribution in [3.63, 3.8) is 0 Å². The minimum atomic E-state index is -0.508. The van der Waals surface area contributed by atoms with Gasteiger partial charge in [0.1, 0.15) is 0 Å². The Labute approximate surface area is 107 Å². The van der Waals surface area contributed by atoms with E-state index in [1.165, 1.54) is 4.90 Å². The van der Waals surface area contributed by atoms with Gasteiger partial charge in [-0.3, -0.25) is 9.59 Å². The fourth-order valence-electron chi connectivity index (χ4n) is 1.70. The van der Waals surface area contributed by atoms with E-state index < -0.39 is 5.91 Å². The lowest BCUT2D eigenvalue weighted by Crippen LogP contribution is -2.38. The molecule has 3 N–H and O–H groups in total. The highest BCUT2D eigenvalue weighted by Gasteiger charge is 2.18. The fraction of sp³-hybridized carbons (Fsp3) is 0.385. The lowest BCUT2D eigenvalue weighted by molar-refractivity contribution is -0.118. The summed E-state index contributed by atoms with van der Waals surface area (Å²) in [5.74, 6) is -0.695. The molecule has 0 saturated carbocycles. The van der Waals surface area contributed by atoms with Crippen molar-refractivity contribution in [1.82, 2.24) is 4.90 Å². The molecule has 0 aliphatic carbocycles. The number of amides is 2. The maximum atomic E-state index is 12.3. The highest BCUT2D eigenvalue weighted by molar-refractivity contribution is 6.01. The molecule has 18 heavy (non-hydrogen) atoms. The summed E-state index contributed by atoms with van der Waals surface area (Å²) in [7, 11) is 0. The molecule has 5 heteroatoms. The molecule has 0 atom stereocenters. The van der Waals surface area contributed by atoms with Crippen molar-refractivity contribution >= 4 is 17.5 Å². The van der Waals surface area contributed by atoms with E-state index in [0.29, 0.717) is 12.1 Å². The van der Waals surface area contributed by atoms with E-state index in [1.54, 1.807) is 12.1 Å². The summed E-state index contributed by atoms with van der Waals surface area (Å²) in [5, 5.41) is 3.13.